The Balaban J connectivity index is 1.68. The Morgan fingerprint density at radius 1 is 0.515 bits per heavy atom. The third kappa shape index (κ3) is 2.42. The molecule has 1 aromatic heterocycles. The molecule has 0 radical (unpaired) electrons. The zero-order valence-electron chi connectivity index (χ0n) is 18.4. The molecular formula is C32H22O. The van der Waals surface area contributed by atoms with Gasteiger partial charge in [0.05, 0.1) is 5.41 Å². The molecular weight excluding hydrogens is 400 g/mol. The van der Waals surface area contributed by atoms with E-state index in [1.165, 1.54) is 49.7 Å². The van der Waals surface area contributed by atoms with Gasteiger partial charge in [-0.15, -0.1) is 0 Å². The first-order valence-electron chi connectivity index (χ1n) is 11.4. The summed E-state index contributed by atoms with van der Waals surface area (Å²) in [5.74, 6) is 0. The van der Waals surface area contributed by atoms with E-state index in [2.05, 4.69) is 122 Å². The fourth-order valence-electron chi connectivity index (χ4n) is 5.82. The number of furan rings is 1. The van der Waals surface area contributed by atoms with Gasteiger partial charge in [0.15, 0.2) is 0 Å². The van der Waals surface area contributed by atoms with E-state index >= 15 is 0 Å². The van der Waals surface area contributed by atoms with Gasteiger partial charge in [0.2, 0.25) is 0 Å². The van der Waals surface area contributed by atoms with Crippen LogP contribution < -0.4 is 0 Å². The van der Waals surface area contributed by atoms with E-state index in [4.69, 9.17) is 4.42 Å². The second kappa shape index (κ2) is 6.70. The van der Waals surface area contributed by atoms with Crippen LogP contribution in [0.1, 0.15) is 27.8 Å². The second-order valence-corrected chi connectivity index (χ2v) is 9.02. The summed E-state index contributed by atoms with van der Waals surface area (Å²) >= 11 is 0. The maximum Gasteiger partial charge on any atom is 0.135 e. The zero-order chi connectivity index (χ0) is 22.0. The van der Waals surface area contributed by atoms with Crippen molar-refractivity contribution in [2.75, 3.05) is 0 Å². The smallest absolute Gasteiger partial charge is 0.135 e. The van der Waals surface area contributed by atoms with Crippen LogP contribution in [0, 0.1) is 6.92 Å². The van der Waals surface area contributed by atoms with Crippen LogP contribution in [0.5, 0.6) is 0 Å². The fraction of sp³-hybridized carbons (Fsp3) is 0.0625. The maximum absolute atomic E-state index is 6.40. The van der Waals surface area contributed by atoms with Crippen LogP contribution in [0.15, 0.2) is 120 Å². The minimum atomic E-state index is -0.391. The fourth-order valence-corrected chi connectivity index (χ4v) is 5.82. The minimum Gasteiger partial charge on any atom is -0.456 e. The number of fused-ring (bicyclic) bond motifs is 6. The lowest BCUT2D eigenvalue weighted by atomic mass is 9.67. The molecule has 5 aromatic carbocycles. The molecule has 33 heavy (non-hydrogen) atoms. The minimum absolute atomic E-state index is 0.391. The highest BCUT2D eigenvalue weighted by atomic mass is 16.3. The predicted octanol–water partition coefficient (Wildman–Crippen LogP) is 8.26. The Morgan fingerprint density at radius 2 is 1.15 bits per heavy atom. The van der Waals surface area contributed by atoms with Crippen molar-refractivity contribution in [2.45, 2.75) is 12.3 Å². The van der Waals surface area contributed by atoms with Crippen LogP contribution in [0.2, 0.25) is 0 Å². The molecule has 156 valence electrons. The zero-order valence-corrected chi connectivity index (χ0v) is 18.4. The van der Waals surface area contributed by atoms with E-state index in [1.54, 1.807) is 0 Å². The van der Waals surface area contributed by atoms with Gasteiger partial charge in [0.25, 0.3) is 0 Å². The van der Waals surface area contributed by atoms with Crippen LogP contribution in [0.25, 0.3) is 33.1 Å². The van der Waals surface area contributed by atoms with Gasteiger partial charge in [-0.25, -0.2) is 0 Å². The summed E-state index contributed by atoms with van der Waals surface area (Å²) in [6, 6.07) is 41.7. The molecule has 1 aliphatic carbocycles. The van der Waals surface area contributed by atoms with Crippen molar-refractivity contribution in [3.63, 3.8) is 0 Å². The molecule has 1 heteroatoms. The Labute approximate surface area is 192 Å². The molecule has 6 aromatic rings. The SMILES string of the molecule is Cc1ccc2oc3cc4c(cc3c2c1)-c1ccccc1C4(c1ccccc1)c1ccccc1. The molecule has 0 bridgehead atoms. The van der Waals surface area contributed by atoms with Crippen LogP contribution in [0.3, 0.4) is 0 Å². The molecule has 0 saturated carbocycles. The van der Waals surface area contributed by atoms with Crippen LogP contribution in [-0.4, -0.2) is 0 Å². The van der Waals surface area contributed by atoms with Crippen molar-refractivity contribution in [1.29, 1.82) is 0 Å². The van der Waals surface area contributed by atoms with E-state index in [0.29, 0.717) is 0 Å². The normalized spacial score (nSPS) is 13.8. The van der Waals surface area contributed by atoms with Crippen LogP contribution in [-0.2, 0) is 5.41 Å². The first-order valence-corrected chi connectivity index (χ1v) is 11.4. The molecule has 1 heterocycles. The molecule has 1 nitrogen and oxygen atoms in total. The quantitative estimate of drug-likeness (QED) is 0.273. The van der Waals surface area contributed by atoms with Gasteiger partial charge in [-0.2, -0.15) is 0 Å². The average molecular weight is 423 g/mol. The topological polar surface area (TPSA) is 13.1 Å². The first-order chi connectivity index (χ1) is 16.3. The highest BCUT2D eigenvalue weighted by molar-refractivity contribution is 6.08. The molecule has 0 N–H and O–H groups in total. The van der Waals surface area contributed by atoms with E-state index in [1.807, 2.05) is 0 Å². The van der Waals surface area contributed by atoms with Crippen molar-refractivity contribution < 1.29 is 4.42 Å². The van der Waals surface area contributed by atoms with Crippen molar-refractivity contribution in [1.82, 2.24) is 0 Å². The number of aryl methyl sites for hydroxylation is 1. The van der Waals surface area contributed by atoms with Crippen molar-refractivity contribution in [2.24, 2.45) is 0 Å². The van der Waals surface area contributed by atoms with Crippen molar-refractivity contribution in [3.8, 4) is 11.1 Å². The van der Waals surface area contributed by atoms with Gasteiger partial charge in [-0.1, -0.05) is 96.6 Å². The van der Waals surface area contributed by atoms with E-state index in [9.17, 15) is 0 Å². The van der Waals surface area contributed by atoms with Gasteiger partial charge < -0.3 is 4.42 Å². The summed E-state index contributed by atoms with van der Waals surface area (Å²) in [4.78, 5) is 0. The summed E-state index contributed by atoms with van der Waals surface area (Å²) in [6.45, 7) is 2.14. The Kier molecular flexibility index (Phi) is 3.75. The molecule has 1 aliphatic rings. The van der Waals surface area contributed by atoms with Gasteiger partial charge in [-0.3, -0.25) is 0 Å². The highest BCUT2D eigenvalue weighted by Gasteiger charge is 2.46. The third-order valence-corrected chi connectivity index (χ3v) is 7.20. The van der Waals surface area contributed by atoms with Crippen LogP contribution >= 0.6 is 0 Å². The Bertz CT molecular complexity index is 1620. The average Bonchev–Trinajstić information content (AvgIpc) is 3.36. The summed E-state index contributed by atoms with van der Waals surface area (Å²) in [7, 11) is 0. The van der Waals surface area contributed by atoms with E-state index in [0.717, 1.165) is 11.2 Å². The lowest BCUT2D eigenvalue weighted by Crippen LogP contribution is -2.28. The molecule has 7 rings (SSSR count). The number of hydrogen-bond acceptors (Lipinski definition) is 1. The summed E-state index contributed by atoms with van der Waals surface area (Å²) in [5.41, 5.74) is 10.5. The van der Waals surface area contributed by atoms with Crippen LogP contribution in [0.4, 0.5) is 0 Å². The monoisotopic (exact) mass is 422 g/mol. The summed E-state index contributed by atoms with van der Waals surface area (Å²) in [6.07, 6.45) is 0. The third-order valence-electron chi connectivity index (χ3n) is 7.20. The standard InChI is InChI=1S/C32H22O/c1-21-16-17-30-26(18-21)27-19-25-24-14-8-9-15-28(24)32(22-10-4-2-5-11-22,23-12-6-3-7-13-23)29(25)20-31(27)33-30/h2-20H,1H3. The highest BCUT2D eigenvalue weighted by Crippen LogP contribution is 2.57. The number of hydrogen-bond donors (Lipinski definition) is 0. The predicted molar refractivity (Wildman–Crippen MR) is 136 cm³/mol. The summed E-state index contributed by atoms with van der Waals surface area (Å²) in [5, 5.41) is 2.36. The Morgan fingerprint density at radius 3 is 1.88 bits per heavy atom. The molecule has 0 atom stereocenters. The van der Waals surface area contributed by atoms with Gasteiger partial charge in [-0.05, 0) is 64.6 Å². The van der Waals surface area contributed by atoms with Crippen molar-refractivity contribution >= 4 is 21.9 Å². The molecule has 0 amide bonds. The Hall–Kier alpha value is -4.10. The molecule has 0 unspecified atom stereocenters. The van der Waals surface area contributed by atoms with Gasteiger partial charge in [0, 0.05) is 10.8 Å². The lowest BCUT2D eigenvalue weighted by molar-refractivity contribution is 0.666. The second-order valence-electron chi connectivity index (χ2n) is 9.02. The number of rotatable bonds is 2. The molecule has 0 aliphatic heterocycles. The van der Waals surface area contributed by atoms with E-state index < -0.39 is 5.41 Å². The largest absolute Gasteiger partial charge is 0.456 e. The van der Waals surface area contributed by atoms with Gasteiger partial charge in [0.1, 0.15) is 11.2 Å². The lowest BCUT2D eigenvalue weighted by Gasteiger charge is -2.33. The maximum atomic E-state index is 6.40. The summed E-state index contributed by atoms with van der Waals surface area (Å²) < 4.78 is 6.40. The van der Waals surface area contributed by atoms with Gasteiger partial charge >= 0.3 is 0 Å². The number of benzene rings is 5. The molecule has 0 fully saturated rings. The van der Waals surface area contributed by atoms with Crippen molar-refractivity contribution in [3.05, 3.63) is 143 Å². The van der Waals surface area contributed by atoms with E-state index in [-0.39, 0.29) is 0 Å². The first kappa shape index (κ1) is 18.5. The molecule has 0 spiro atoms. The molecule has 0 saturated heterocycles.